The predicted molar refractivity (Wildman–Crippen MR) is 35.1 cm³/mol. The van der Waals surface area contributed by atoms with E-state index in [1.165, 1.54) is 12.3 Å². The Morgan fingerprint density at radius 3 is 2.30 bits per heavy atom. The molecule has 0 aliphatic carbocycles. The third-order valence-corrected chi connectivity index (χ3v) is 1.53. The minimum absolute atomic E-state index is 0.0972. The van der Waals surface area contributed by atoms with Crippen LogP contribution in [0.3, 0.4) is 0 Å². The second kappa shape index (κ2) is 2.40. The Kier molecular flexibility index (Phi) is 1.74. The lowest BCUT2D eigenvalue weighted by Crippen LogP contribution is -1.85. The number of aryl methyl sites for hydroxylation is 2. The molecule has 1 rings (SSSR count). The molecule has 0 radical (unpaired) electrons. The van der Waals surface area contributed by atoms with Crippen LogP contribution in [-0.2, 0) is 7.05 Å². The maximum Gasteiger partial charge on any atom is 0.265 e. The zero-order valence-corrected chi connectivity index (χ0v) is 5.94. The van der Waals surface area contributed by atoms with Crippen molar-refractivity contribution in [3.05, 3.63) is 23.5 Å². The second-order valence-electron chi connectivity index (χ2n) is 2.33. The van der Waals surface area contributed by atoms with Gasteiger partial charge in [-0.3, -0.25) is 0 Å². The Labute approximate surface area is 58.3 Å². The summed E-state index contributed by atoms with van der Waals surface area (Å²) < 4.78 is 25.6. The molecule has 1 heterocycles. The highest BCUT2D eigenvalue weighted by Gasteiger charge is 2.08. The minimum Gasteiger partial charge on any atom is -0.354 e. The Hall–Kier alpha value is -0.860. The van der Waals surface area contributed by atoms with Crippen molar-refractivity contribution >= 4 is 0 Å². The van der Waals surface area contributed by atoms with E-state index in [4.69, 9.17) is 0 Å². The lowest BCUT2D eigenvalue weighted by Gasteiger charge is -1.91. The van der Waals surface area contributed by atoms with Gasteiger partial charge in [0.25, 0.3) is 6.43 Å². The molecule has 0 saturated carbocycles. The largest absolute Gasteiger partial charge is 0.354 e. The molecule has 56 valence electrons. The van der Waals surface area contributed by atoms with Crippen LogP contribution in [0.2, 0.25) is 0 Å². The van der Waals surface area contributed by atoms with Gasteiger partial charge in [0.2, 0.25) is 0 Å². The van der Waals surface area contributed by atoms with E-state index >= 15 is 0 Å². The number of nitrogens with zero attached hydrogens (tertiary/aromatic N) is 1. The van der Waals surface area contributed by atoms with Crippen LogP contribution in [0.25, 0.3) is 0 Å². The number of halogens is 2. The van der Waals surface area contributed by atoms with Crippen molar-refractivity contribution in [3.63, 3.8) is 0 Å². The van der Waals surface area contributed by atoms with Crippen molar-refractivity contribution in [2.24, 2.45) is 7.05 Å². The van der Waals surface area contributed by atoms with E-state index in [1.807, 2.05) is 0 Å². The summed E-state index contributed by atoms with van der Waals surface area (Å²) in [6.07, 6.45) is -0.903. The third kappa shape index (κ3) is 1.17. The summed E-state index contributed by atoms with van der Waals surface area (Å²) in [5.41, 5.74) is 0.954. The van der Waals surface area contributed by atoms with Gasteiger partial charge >= 0.3 is 0 Å². The first-order valence-corrected chi connectivity index (χ1v) is 3.02. The fourth-order valence-corrected chi connectivity index (χ4v) is 0.825. The van der Waals surface area contributed by atoms with Crippen molar-refractivity contribution in [3.8, 4) is 0 Å². The van der Waals surface area contributed by atoms with Crippen LogP contribution >= 0.6 is 0 Å². The Bertz CT molecular complexity index is 208. The van der Waals surface area contributed by atoms with Crippen molar-refractivity contribution in [1.29, 1.82) is 0 Å². The quantitative estimate of drug-likeness (QED) is 0.571. The highest BCUT2D eigenvalue weighted by molar-refractivity contribution is 5.18. The molecule has 3 heteroatoms. The van der Waals surface area contributed by atoms with Crippen LogP contribution < -0.4 is 0 Å². The topological polar surface area (TPSA) is 4.93 Å². The van der Waals surface area contributed by atoms with Gasteiger partial charge < -0.3 is 4.57 Å². The zero-order valence-electron chi connectivity index (χ0n) is 5.94. The molecule has 0 saturated heterocycles. The summed E-state index contributed by atoms with van der Waals surface area (Å²) in [6.45, 7) is 1.80. The predicted octanol–water partition coefficient (Wildman–Crippen LogP) is 2.27. The van der Waals surface area contributed by atoms with Crippen LogP contribution in [0.1, 0.15) is 17.7 Å². The first-order chi connectivity index (χ1) is 4.61. The average Bonchev–Trinajstić information content (AvgIpc) is 2.13. The Balaban J connectivity index is 2.98. The molecule has 1 nitrogen and oxygen atoms in total. The Morgan fingerprint density at radius 2 is 2.10 bits per heavy atom. The van der Waals surface area contributed by atoms with Crippen molar-refractivity contribution < 1.29 is 8.78 Å². The number of hydrogen-bond acceptors (Lipinski definition) is 0. The van der Waals surface area contributed by atoms with Crippen LogP contribution in [0, 0.1) is 6.92 Å². The molecule has 0 amide bonds. The molecule has 1 aromatic heterocycles. The van der Waals surface area contributed by atoms with Gasteiger partial charge in [0.15, 0.2) is 0 Å². The van der Waals surface area contributed by atoms with Gasteiger partial charge in [-0.1, -0.05) is 0 Å². The van der Waals surface area contributed by atoms with E-state index in [0.29, 0.717) is 0 Å². The molecular formula is C7H9F2N. The number of hydrogen-bond donors (Lipinski definition) is 0. The maximum absolute atomic E-state index is 11.9. The van der Waals surface area contributed by atoms with Gasteiger partial charge in [0, 0.05) is 24.5 Å². The van der Waals surface area contributed by atoms with Gasteiger partial charge in [0.1, 0.15) is 0 Å². The molecule has 1 aromatic rings. The molecule has 0 aromatic carbocycles. The molecule has 10 heavy (non-hydrogen) atoms. The summed E-state index contributed by atoms with van der Waals surface area (Å²) in [5.74, 6) is 0. The van der Waals surface area contributed by atoms with Crippen molar-refractivity contribution in [2.75, 3.05) is 0 Å². The lowest BCUT2D eigenvalue weighted by molar-refractivity contribution is 0.151. The number of alkyl halides is 2. The highest BCUT2D eigenvalue weighted by atomic mass is 19.3. The summed E-state index contributed by atoms with van der Waals surface area (Å²) in [7, 11) is 1.75. The van der Waals surface area contributed by atoms with Crippen LogP contribution in [0.4, 0.5) is 8.78 Å². The number of aromatic nitrogens is 1. The fraction of sp³-hybridized carbons (Fsp3) is 0.429. The second-order valence-corrected chi connectivity index (χ2v) is 2.33. The zero-order chi connectivity index (χ0) is 7.72. The van der Waals surface area contributed by atoms with Crippen LogP contribution in [-0.4, -0.2) is 4.57 Å². The van der Waals surface area contributed by atoms with Gasteiger partial charge in [-0.05, 0) is 13.0 Å². The Morgan fingerprint density at radius 1 is 1.50 bits per heavy atom. The monoisotopic (exact) mass is 145 g/mol. The van der Waals surface area contributed by atoms with E-state index in [1.54, 1.807) is 18.5 Å². The molecule has 0 unspecified atom stereocenters. The van der Waals surface area contributed by atoms with Crippen LogP contribution in [0.5, 0.6) is 0 Å². The van der Waals surface area contributed by atoms with Gasteiger partial charge in [-0.2, -0.15) is 0 Å². The number of rotatable bonds is 1. The summed E-state index contributed by atoms with van der Waals surface area (Å²) in [6, 6.07) is 1.49. The molecule has 0 bridgehead atoms. The molecule has 0 spiro atoms. The molecule has 0 aliphatic heterocycles. The lowest BCUT2D eigenvalue weighted by atomic mass is 10.3. The standard InChI is InChI=1S/C7H9F2N/c1-5-3-6(7(8)9)4-10(5)2/h3-4,7H,1-2H3. The highest BCUT2D eigenvalue weighted by Crippen LogP contribution is 2.19. The van der Waals surface area contributed by atoms with E-state index < -0.39 is 6.43 Å². The van der Waals surface area contributed by atoms with Gasteiger partial charge in [-0.15, -0.1) is 0 Å². The fourth-order valence-electron chi connectivity index (χ4n) is 0.825. The summed E-state index contributed by atoms with van der Waals surface area (Å²) in [4.78, 5) is 0. The van der Waals surface area contributed by atoms with Crippen molar-refractivity contribution in [2.45, 2.75) is 13.3 Å². The van der Waals surface area contributed by atoms with Gasteiger partial charge in [0.05, 0.1) is 0 Å². The van der Waals surface area contributed by atoms with E-state index in [9.17, 15) is 8.78 Å². The third-order valence-electron chi connectivity index (χ3n) is 1.53. The maximum atomic E-state index is 11.9. The van der Waals surface area contributed by atoms with Gasteiger partial charge in [-0.25, -0.2) is 8.78 Å². The summed E-state index contributed by atoms with van der Waals surface area (Å²) in [5, 5.41) is 0. The summed E-state index contributed by atoms with van der Waals surface area (Å²) >= 11 is 0. The van der Waals surface area contributed by atoms with E-state index in [0.717, 1.165) is 5.69 Å². The molecule has 0 atom stereocenters. The first-order valence-electron chi connectivity index (χ1n) is 3.02. The van der Waals surface area contributed by atoms with E-state index in [2.05, 4.69) is 0 Å². The molecule has 0 N–H and O–H groups in total. The molecule has 0 fully saturated rings. The average molecular weight is 145 g/mol. The first kappa shape index (κ1) is 7.25. The van der Waals surface area contributed by atoms with Crippen LogP contribution in [0.15, 0.2) is 12.3 Å². The SMILES string of the molecule is Cc1cc(C(F)F)cn1C. The smallest absolute Gasteiger partial charge is 0.265 e. The molecular weight excluding hydrogens is 136 g/mol. The van der Waals surface area contributed by atoms with E-state index in [-0.39, 0.29) is 5.56 Å². The molecule has 0 aliphatic rings. The normalized spacial score (nSPS) is 10.9. The minimum atomic E-state index is -2.35. The van der Waals surface area contributed by atoms with Crippen molar-refractivity contribution in [1.82, 2.24) is 4.57 Å².